The quantitative estimate of drug-likeness (QED) is 0.797. The zero-order valence-corrected chi connectivity index (χ0v) is 12.1. The van der Waals surface area contributed by atoms with E-state index in [2.05, 4.69) is 20.5 Å². The second-order valence-electron chi connectivity index (χ2n) is 4.79. The second-order valence-corrected chi connectivity index (χ2v) is 4.79. The van der Waals surface area contributed by atoms with Gasteiger partial charge in [0.15, 0.2) is 11.5 Å². The number of amides is 1. The van der Waals surface area contributed by atoms with Crippen LogP contribution in [0.3, 0.4) is 0 Å². The lowest BCUT2D eigenvalue weighted by molar-refractivity contribution is 0.0945. The average molecular weight is 293 g/mol. The minimum atomic E-state index is -0.245. The molecule has 0 aliphatic carbocycles. The highest BCUT2D eigenvalue weighted by Gasteiger charge is 2.09. The van der Waals surface area contributed by atoms with Crippen molar-refractivity contribution in [2.45, 2.75) is 13.5 Å². The van der Waals surface area contributed by atoms with Crippen LogP contribution in [0, 0.1) is 6.92 Å². The smallest absolute Gasteiger partial charge is 0.272 e. The van der Waals surface area contributed by atoms with Crippen molar-refractivity contribution in [3.05, 3.63) is 71.9 Å². The molecular weight excluding hydrogens is 278 g/mol. The molecule has 0 unspecified atom stereocenters. The lowest BCUT2D eigenvalue weighted by Crippen LogP contribution is -2.24. The number of nitrogens with one attached hydrogen (secondary N) is 1. The van der Waals surface area contributed by atoms with Crippen LogP contribution in [-0.2, 0) is 6.54 Å². The maximum absolute atomic E-state index is 12.0. The number of hydrogen-bond acceptors (Lipinski definition) is 4. The average Bonchev–Trinajstić information content (AvgIpc) is 3.00. The fourth-order valence-corrected chi connectivity index (χ4v) is 2.06. The number of benzene rings is 1. The third-order valence-electron chi connectivity index (χ3n) is 3.25. The Labute approximate surface area is 127 Å². The summed E-state index contributed by atoms with van der Waals surface area (Å²) in [6.45, 7) is 2.34. The summed E-state index contributed by atoms with van der Waals surface area (Å²) in [4.78, 5) is 16.2. The molecular formula is C16H15N5O. The molecule has 0 aliphatic heterocycles. The summed E-state index contributed by atoms with van der Waals surface area (Å²) in [6.07, 6.45) is 3.49. The van der Waals surface area contributed by atoms with Crippen molar-refractivity contribution in [1.29, 1.82) is 0 Å². The van der Waals surface area contributed by atoms with Gasteiger partial charge in [0.05, 0.1) is 0 Å². The van der Waals surface area contributed by atoms with Gasteiger partial charge in [0.2, 0.25) is 0 Å². The Kier molecular flexibility index (Phi) is 3.91. The largest absolute Gasteiger partial charge is 0.347 e. The SMILES string of the molecule is Cc1nccn1-c1ccc(C(=O)NCc2ccccc2)nn1. The van der Waals surface area contributed by atoms with Crippen molar-refractivity contribution in [3.8, 4) is 5.82 Å². The number of carbonyl (C=O) groups is 1. The second kappa shape index (κ2) is 6.17. The van der Waals surface area contributed by atoms with Crippen molar-refractivity contribution >= 4 is 5.91 Å². The number of rotatable bonds is 4. The third-order valence-corrected chi connectivity index (χ3v) is 3.25. The van der Waals surface area contributed by atoms with Crippen LogP contribution in [0.25, 0.3) is 5.82 Å². The number of hydrogen-bond donors (Lipinski definition) is 1. The summed E-state index contributed by atoms with van der Waals surface area (Å²) in [5.41, 5.74) is 1.33. The molecule has 0 bridgehead atoms. The van der Waals surface area contributed by atoms with Gasteiger partial charge in [0.25, 0.3) is 5.91 Å². The maximum Gasteiger partial charge on any atom is 0.272 e. The summed E-state index contributed by atoms with van der Waals surface area (Å²) in [5.74, 6) is 1.20. The van der Waals surface area contributed by atoms with Crippen molar-refractivity contribution in [1.82, 2.24) is 25.1 Å². The normalized spacial score (nSPS) is 10.4. The zero-order valence-electron chi connectivity index (χ0n) is 12.1. The van der Waals surface area contributed by atoms with E-state index in [4.69, 9.17) is 0 Å². The van der Waals surface area contributed by atoms with Crippen LogP contribution in [-0.4, -0.2) is 25.7 Å². The molecule has 0 aliphatic rings. The molecule has 1 N–H and O–H groups in total. The lowest BCUT2D eigenvalue weighted by Gasteiger charge is -2.06. The Morgan fingerprint density at radius 2 is 1.95 bits per heavy atom. The van der Waals surface area contributed by atoms with Gasteiger partial charge in [-0.3, -0.25) is 9.36 Å². The van der Waals surface area contributed by atoms with Gasteiger partial charge in [-0.15, -0.1) is 10.2 Å². The molecule has 1 aromatic carbocycles. The monoisotopic (exact) mass is 293 g/mol. The predicted molar refractivity (Wildman–Crippen MR) is 81.5 cm³/mol. The highest BCUT2D eigenvalue weighted by atomic mass is 16.1. The van der Waals surface area contributed by atoms with Gasteiger partial charge < -0.3 is 5.32 Å². The Morgan fingerprint density at radius 1 is 1.14 bits per heavy atom. The first-order chi connectivity index (χ1) is 10.7. The van der Waals surface area contributed by atoms with Gasteiger partial charge in [-0.1, -0.05) is 30.3 Å². The molecule has 6 heteroatoms. The van der Waals surface area contributed by atoms with Gasteiger partial charge >= 0.3 is 0 Å². The van der Waals surface area contributed by atoms with Crippen molar-refractivity contribution in [2.75, 3.05) is 0 Å². The van der Waals surface area contributed by atoms with Crippen LogP contribution in [0.1, 0.15) is 21.9 Å². The number of carbonyl (C=O) groups excluding carboxylic acids is 1. The molecule has 0 saturated carbocycles. The van der Waals surface area contributed by atoms with E-state index in [9.17, 15) is 4.79 Å². The highest BCUT2D eigenvalue weighted by molar-refractivity contribution is 5.92. The fourth-order valence-electron chi connectivity index (χ4n) is 2.06. The lowest BCUT2D eigenvalue weighted by atomic mass is 10.2. The first kappa shape index (κ1) is 13.9. The minimum absolute atomic E-state index is 0.245. The molecule has 3 rings (SSSR count). The van der Waals surface area contributed by atoms with Crippen LogP contribution in [0.4, 0.5) is 0 Å². The molecule has 2 aromatic heterocycles. The van der Waals surface area contributed by atoms with Crippen LogP contribution in [0.15, 0.2) is 54.9 Å². The molecule has 0 atom stereocenters. The molecule has 0 saturated heterocycles. The summed E-state index contributed by atoms with van der Waals surface area (Å²) in [7, 11) is 0. The van der Waals surface area contributed by atoms with Crippen LogP contribution in [0.5, 0.6) is 0 Å². The van der Waals surface area contributed by atoms with Crippen LogP contribution >= 0.6 is 0 Å². The van der Waals surface area contributed by atoms with E-state index >= 15 is 0 Å². The molecule has 6 nitrogen and oxygen atoms in total. The molecule has 0 spiro atoms. The standard InChI is InChI=1S/C16H15N5O/c1-12-17-9-10-21(12)15-8-7-14(19-20-15)16(22)18-11-13-5-3-2-4-6-13/h2-10H,11H2,1H3,(H,18,22). The molecule has 0 radical (unpaired) electrons. The van der Waals surface area contributed by atoms with E-state index in [0.717, 1.165) is 11.4 Å². The summed E-state index contributed by atoms with van der Waals surface area (Å²) < 4.78 is 1.80. The minimum Gasteiger partial charge on any atom is -0.347 e. The van der Waals surface area contributed by atoms with Crippen molar-refractivity contribution in [3.63, 3.8) is 0 Å². The first-order valence-electron chi connectivity index (χ1n) is 6.90. The van der Waals surface area contributed by atoms with Crippen molar-refractivity contribution < 1.29 is 4.79 Å². The fraction of sp³-hybridized carbons (Fsp3) is 0.125. The van der Waals surface area contributed by atoms with Gasteiger partial charge in [0, 0.05) is 18.9 Å². The Hall–Kier alpha value is -3.02. The summed E-state index contributed by atoms with van der Waals surface area (Å²) >= 11 is 0. The van der Waals surface area contributed by atoms with E-state index in [1.165, 1.54) is 0 Å². The maximum atomic E-state index is 12.0. The van der Waals surface area contributed by atoms with Gasteiger partial charge in [0.1, 0.15) is 5.82 Å². The Balaban J connectivity index is 1.67. The zero-order chi connectivity index (χ0) is 15.4. The Morgan fingerprint density at radius 3 is 2.59 bits per heavy atom. The number of aryl methyl sites for hydroxylation is 1. The van der Waals surface area contributed by atoms with E-state index < -0.39 is 0 Å². The molecule has 0 fully saturated rings. The molecule has 2 heterocycles. The summed E-state index contributed by atoms with van der Waals surface area (Å²) in [5, 5.41) is 10.9. The highest BCUT2D eigenvalue weighted by Crippen LogP contribution is 2.06. The Bertz CT molecular complexity index is 765. The molecule has 1 amide bonds. The number of imidazole rings is 1. The molecule has 22 heavy (non-hydrogen) atoms. The van der Waals surface area contributed by atoms with Crippen LogP contribution < -0.4 is 5.32 Å². The van der Waals surface area contributed by atoms with E-state index in [0.29, 0.717) is 12.4 Å². The predicted octanol–water partition coefficient (Wildman–Crippen LogP) is 1.90. The molecule has 3 aromatic rings. The molecule has 110 valence electrons. The van der Waals surface area contributed by atoms with Gasteiger partial charge in [-0.25, -0.2) is 4.98 Å². The topological polar surface area (TPSA) is 72.7 Å². The van der Waals surface area contributed by atoms with Gasteiger partial charge in [-0.2, -0.15) is 0 Å². The van der Waals surface area contributed by atoms with Crippen LogP contribution in [0.2, 0.25) is 0 Å². The first-order valence-corrected chi connectivity index (χ1v) is 6.90. The van der Waals surface area contributed by atoms with Crippen molar-refractivity contribution in [2.24, 2.45) is 0 Å². The third kappa shape index (κ3) is 3.01. The van der Waals surface area contributed by atoms with Gasteiger partial charge in [-0.05, 0) is 24.6 Å². The van der Waals surface area contributed by atoms with E-state index in [1.807, 2.05) is 37.3 Å². The van der Waals surface area contributed by atoms with E-state index in [-0.39, 0.29) is 11.6 Å². The van der Waals surface area contributed by atoms with E-state index in [1.54, 1.807) is 29.1 Å². The number of nitrogens with zero attached hydrogens (tertiary/aromatic N) is 4. The summed E-state index contributed by atoms with van der Waals surface area (Å²) in [6, 6.07) is 13.1. The number of aromatic nitrogens is 4.